The Morgan fingerprint density at radius 2 is 2.12 bits per heavy atom. The molecule has 2 aliphatic heterocycles. The number of benzene rings is 1. The van der Waals surface area contributed by atoms with Crippen molar-refractivity contribution < 1.29 is 18.4 Å². The van der Waals surface area contributed by atoms with Crippen LogP contribution in [0, 0.1) is 11.6 Å². The van der Waals surface area contributed by atoms with E-state index >= 15 is 0 Å². The summed E-state index contributed by atoms with van der Waals surface area (Å²) in [7, 11) is 0. The molecule has 0 radical (unpaired) electrons. The summed E-state index contributed by atoms with van der Waals surface area (Å²) in [5.41, 5.74) is 0.0128. The van der Waals surface area contributed by atoms with Crippen LogP contribution in [0.5, 0.6) is 0 Å². The number of nitrogens with zero attached hydrogens (tertiary/aromatic N) is 4. The van der Waals surface area contributed by atoms with Crippen LogP contribution in [0.3, 0.4) is 0 Å². The maximum atomic E-state index is 14.5. The van der Waals surface area contributed by atoms with Crippen molar-refractivity contribution in [3.8, 4) is 0 Å². The molecule has 0 bridgehead atoms. The summed E-state index contributed by atoms with van der Waals surface area (Å²) in [5, 5.41) is 14.5. The summed E-state index contributed by atoms with van der Waals surface area (Å²) in [6.45, 7) is 2.60. The average Bonchev–Trinajstić information content (AvgIpc) is 3.01. The SMILES string of the molecule is CC(=O)NCC1CN(c2cc(F)c(N3CCNC(=O)C3)c(F)c2)N=N1. The van der Waals surface area contributed by atoms with Crippen LogP contribution in [0.15, 0.2) is 22.5 Å². The van der Waals surface area contributed by atoms with Gasteiger partial charge in [0.1, 0.15) is 11.7 Å². The molecule has 134 valence electrons. The first-order chi connectivity index (χ1) is 11.9. The lowest BCUT2D eigenvalue weighted by molar-refractivity contribution is -0.120. The van der Waals surface area contributed by atoms with Gasteiger partial charge in [0.15, 0.2) is 11.6 Å². The second kappa shape index (κ2) is 6.99. The number of halogens is 2. The van der Waals surface area contributed by atoms with Crippen molar-refractivity contribution in [2.75, 3.05) is 42.6 Å². The average molecular weight is 352 g/mol. The molecule has 1 unspecified atom stereocenters. The van der Waals surface area contributed by atoms with Gasteiger partial charge in [-0.1, -0.05) is 5.22 Å². The molecule has 8 nitrogen and oxygen atoms in total. The van der Waals surface area contributed by atoms with Crippen molar-refractivity contribution in [3.63, 3.8) is 0 Å². The van der Waals surface area contributed by atoms with Gasteiger partial charge in [-0.25, -0.2) is 13.8 Å². The van der Waals surface area contributed by atoms with Crippen LogP contribution in [0.1, 0.15) is 6.92 Å². The molecule has 1 atom stereocenters. The van der Waals surface area contributed by atoms with Gasteiger partial charge >= 0.3 is 0 Å². The maximum absolute atomic E-state index is 14.5. The molecule has 0 saturated carbocycles. The lowest BCUT2D eigenvalue weighted by Crippen LogP contribution is -2.48. The number of hydrogen-bond acceptors (Lipinski definition) is 6. The Kier molecular flexibility index (Phi) is 4.77. The molecule has 2 aliphatic rings. The minimum absolute atomic E-state index is 0.0879. The van der Waals surface area contributed by atoms with Crippen molar-refractivity contribution in [2.45, 2.75) is 13.0 Å². The molecular weight excluding hydrogens is 334 g/mol. The highest BCUT2D eigenvalue weighted by molar-refractivity contribution is 5.83. The van der Waals surface area contributed by atoms with Gasteiger partial charge in [0.2, 0.25) is 11.8 Å². The van der Waals surface area contributed by atoms with E-state index in [1.165, 1.54) is 29.0 Å². The van der Waals surface area contributed by atoms with Crippen LogP contribution in [0.4, 0.5) is 20.2 Å². The number of carbonyl (C=O) groups is 2. The van der Waals surface area contributed by atoms with Crippen LogP contribution in [-0.4, -0.2) is 50.6 Å². The Labute approximate surface area is 142 Å². The molecule has 10 heteroatoms. The molecule has 25 heavy (non-hydrogen) atoms. The Morgan fingerprint density at radius 3 is 2.76 bits per heavy atom. The lowest BCUT2D eigenvalue weighted by Gasteiger charge is -2.29. The summed E-state index contributed by atoms with van der Waals surface area (Å²) >= 11 is 0. The third kappa shape index (κ3) is 3.83. The number of carbonyl (C=O) groups excluding carboxylic acids is 2. The smallest absolute Gasteiger partial charge is 0.239 e. The number of amides is 2. The third-order valence-corrected chi connectivity index (χ3v) is 3.95. The van der Waals surface area contributed by atoms with Crippen molar-refractivity contribution in [3.05, 3.63) is 23.8 Å². The number of anilines is 2. The van der Waals surface area contributed by atoms with E-state index in [2.05, 4.69) is 21.0 Å². The Hall–Kier alpha value is -2.78. The molecule has 1 aromatic carbocycles. The van der Waals surface area contributed by atoms with Gasteiger partial charge in [-0.15, -0.1) is 0 Å². The van der Waals surface area contributed by atoms with Gasteiger partial charge in [-0.3, -0.25) is 9.59 Å². The summed E-state index contributed by atoms with van der Waals surface area (Å²) in [6, 6.07) is 2.07. The molecule has 3 rings (SSSR count). The van der Waals surface area contributed by atoms with Gasteiger partial charge in [0.25, 0.3) is 0 Å². The Bertz CT molecular complexity index is 703. The summed E-state index contributed by atoms with van der Waals surface area (Å²) in [4.78, 5) is 23.7. The van der Waals surface area contributed by atoms with E-state index in [0.29, 0.717) is 26.2 Å². The van der Waals surface area contributed by atoms with Gasteiger partial charge in [-0.2, -0.15) is 5.11 Å². The molecule has 1 aromatic rings. The monoisotopic (exact) mass is 352 g/mol. The van der Waals surface area contributed by atoms with E-state index in [-0.39, 0.29) is 35.8 Å². The van der Waals surface area contributed by atoms with Crippen molar-refractivity contribution >= 4 is 23.2 Å². The molecule has 2 amide bonds. The fraction of sp³-hybridized carbons (Fsp3) is 0.467. The normalized spacial score (nSPS) is 20.0. The van der Waals surface area contributed by atoms with E-state index in [9.17, 15) is 18.4 Å². The van der Waals surface area contributed by atoms with E-state index in [0.717, 1.165) is 0 Å². The lowest BCUT2D eigenvalue weighted by atomic mass is 10.2. The number of hydrogen-bond donors (Lipinski definition) is 2. The van der Waals surface area contributed by atoms with Crippen LogP contribution in [0.25, 0.3) is 0 Å². The standard InChI is InChI=1S/C15H18F2N6O2/c1-9(24)19-6-10-7-23(21-20-10)11-4-12(16)15(13(17)5-11)22-3-2-18-14(25)8-22/h4-5,10H,2-3,6-8H2,1H3,(H,18,25)(H,19,24). The van der Waals surface area contributed by atoms with E-state index in [1.807, 2.05) is 0 Å². The van der Waals surface area contributed by atoms with E-state index in [1.54, 1.807) is 0 Å². The zero-order valence-electron chi connectivity index (χ0n) is 13.6. The highest BCUT2D eigenvalue weighted by atomic mass is 19.1. The van der Waals surface area contributed by atoms with Gasteiger partial charge in [0.05, 0.1) is 18.8 Å². The number of piperazine rings is 1. The quantitative estimate of drug-likeness (QED) is 0.830. The van der Waals surface area contributed by atoms with Gasteiger partial charge < -0.3 is 15.5 Å². The minimum Gasteiger partial charge on any atom is -0.356 e. The van der Waals surface area contributed by atoms with Crippen molar-refractivity contribution in [1.82, 2.24) is 10.6 Å². The van der Waals surface area contributed by atoms with Crippen LogP contribution < -0.4 is 20.5 Å². The molecule has 0 spiro atoms. The maximum Gasteiger partial charge on any atom is 0.239 e. The largest absolute Gasteiger partial charge is 0.356 e. The van der Waals surface area contributed by atoms with Crippen LogP contribution >= 0.6 is 0 Å². The third-order valence-electron chi connectivity index (χ3n) is 3.95. The second-order valence-electron chi connectivity index (χ2n) is 5.91. The van der Waals surface area contributed by atoms with Gasteiger partial charge in [-0.05, 0) is 0 Å². The predicted octanol–water partition coefficient (Wildman–Crippen LogP) is 0.593. The predicted molar refractivity (Wildman–Crippen MR) is 86.3 cm³/mol. The minimum atomic E-state index is -0.759. The van der Waals surface area contributed by atoms with Crippen molar-refractivity contribution in [1.29, 1.82) is 0 Å². The highest BCUT2D eigenvalue weighted by Gasteiger charge is 2.26. The van der Waals surface area contributed by atoms with E-state index < -0.39 is 11.6 Å². The molecule has 2 N–H and O–H groups in total. The molecular formula is C15H18F2N6O2. The van der Waals surface area contributed by atoms with Gasteiger partial charge in [0, 0.05) is 38.7 Å². The first-order valence-corrected chi connectivity index (χ1v) is 7.87. The fourth-order valence-corrected chi connectivity index (χ4v) is 2.76. The fourth-order valence-electron chi connectivity index (χ4n) is 2.76. The van der Waals surface area contributed by atoms with Crippen LogP contribution in [-0.2, 0) is 9.59 Å². The van der Waals surface area contributed by atoms with Crippen molar-refractivity contribution in [2.24, 2.45) is 10.3 Å². The Balaban J connectivity index is 1.73. The highest BCUT2D eigenvalue weighted by Crippen LogP contribution is 2.30. The summed E-state index contributed by atoms with van der Waals surface area (Å²) < 4.78 is 28.9. The molecule has 1 saturated heterocycles. The zero-order chi connectivity index (χ0) is 18.0. The number of nitrogens with one attached hydrogen (secondary N) is 2. The summed E-state index contributed by atoms with van der Waals surface area (Å²) in [5.74, 6) is -1.97. The first kappa shape index (κ1) is 17.1. The second-order valence-corrected chi connectivity index (χ2v) is 5.91. The summed E-state index contributed by atoms with van der Waals surface area (Å²) in [6.07, 6.45) is 0. The topological polar surface area (TPSA) is 89.4 Å². The number of rotatable bonds is 4. The zero-order valence-corrected chi connectivity index (χ0v) is 13.6. The molecule has 1 fully saturated rings. The van der Waals surface area contributed by atoms with Crippen LogP contribution in [0.2, 0.25) is 0 Å². The van der Waals surface area contributed by atoms with E-state index in [4.69, 9.17) is 0 Å². The molecule has 2 heterocycles. The first-order valence-electron chi connectivity index (χ1n) is 7.87. The molecule has 0 aromatic heterocycles. The Morgan fingerprint density at radius 1 is 1.40 bits per heavy atom. The molecule has 0 aliphatic carbocycles.